The van der Waals surface area contributed by atoms with Crippen LogP contribution in [0, 0.1) is 6.92 Å². The third-order valence-corrected chi connectivity index (χ3v) is 2.13. The lowest BCUT2D eigenvalue weighted by Crippen LogP contribution is -1.94. The summed E-state index contributed by atoms with van der Waals surface area (Å²) in [6.45, 7) is 2.02. The molecule has 0 amide bonds. The van der Waals surface area contributed by atoms with Crippen LogP contribution < -0.4 is 5.73 Å². The van der Waals surface area contributed by atoms with Crippen molar-refractivity contribution in [3.8, 4) is 11.3 Å². The second-order valence-electron chi connectivity index (χ2n) is 3.13. The number of nitrogens with two attached hydrogens (primary N) is 1. The fraction of sp³-hybridized carbons (Fsp3) is 0.0909. The van der Waals surface area contributed by atoms with Crippen molar-refractivity contribution in [2.75, 3.05) is 5.73 Å². The number of hydrogen-bond donors (Lipinski definition) is 1. The first kappa shape index (κ1) is 8.69. The van der Waals surface area contributed by atoms with Crippen LogP contribution in [0.5, 0.6) is 0 Å². The maximum atomic E-state index is 5.83. The molecule has 14 heavy (non-hydrogen) atoms. The smallest absolute Gasteiger partial charge is 0.0949 e. The highest BCUT2D eigenvalue weighted by Gasteiger charge is 2.05. The van der Waals surface area contributed by atoms with Gasteiger partial charge in [0.05, 0.1) is 11.4 Å². The van der Waals surface area contributed by atoms with E-state index in [0.717, 1.165) is 16.8 Å². The molecule has 3 nitrogen and oxygen atoms in total. The van der Waals surface area contributed by atoms with E-state index in [2.05, 4.69) is 9.97 Å². The molecule has 0 unspecified atom stereocenters. The number of rotatable bonds is 1. The van der Waals surface area contributed by atoms with Crippen molar-refractivity contribution in [1.82, 2.24) is 9.97 Å². The molecule has 2 heterocycles. The minimum absolute atomic E-state index is 0.684. The summed E-state index contributed by atoms with van der Waals surface area (Å²) in [4.78, 5) is 8.31. The predicted molar refractivity (Wildman–Crippen MR) is 56.6 cm³/mol. The van der Waals surface area contributed by atoms with E-state index in [1.807, 2.05) is 25.1 Å². The Morgan fingerprint density at radius 3 is 2.79 bits per heavy atom. The fourth-order valence-corrected chi connectivity index (χ4v) is 1.35. The molecule has 0 radical (unpaired) electrons. The number of aryl methyl sites for hydroxylation is 1. The predicted octanol–water partition coefficient (Wildman–Crippen LogP) is 2.03. The van der Waals surface area contributed by atoms with Gasteiger partial charge < -0.3 is 5.73 Å². The van der Waals surface area contributed by atoms with Crippen molar-refractivity contribution in [3.05, 3.63) is 42.4 Å². The van der Waals surface area contributed by atoms with Crippen molar-refractivity contribution in [3.63, 3.8) is 0 Å². The zero-order valence-electron chi connectivity index (χ0n) is 7.94. The molecule has 70 valence electrons. The Morgan fingerprint density at radius 2 is 2.07 bits per heavy atom. The summed E-state index contributed by atoms with van der Waals surface area (Å²) in [6, 6.07) is 5.61. The number of nitrogen functional groups attached to an aromatic ring is 1. The van der Waals surface area contributed by atoms with Gasteiger partial charge in [-0.05, 0) is 30.7 Å². The Bertz CT molecular complexity index is 408. The van der Waals surface area contributed by atoms with Gasteiger partial charge in [0.2, 0.25) is 0 Å². The summed E-state index contributed by atoms with van der Waals surface area (Å²) in [5.41, 5.74) is 9.44. The average Bonchev–Trinajstić information content (AvgIpc) is 2.20. The van der Waals surface area contributed by atoms with Crippen LogP contribution in [0.1, 0.15) is 5.56 Å². The maximum Gasteiger partial charge on any atom is 0.0949 e. The van der Waals surface area contributed by atoms with Crippen LogP contribution in [-0.4, -0.2) is 9.97 Å². The van der Waals surface area contributed by atoms with Gasteiger partial charge >= 0.3 is 0 Å². The molecule has 0 spiro atoms. The largest absolute Gasteiger partial charge is 0.397 e. The van der Waals surface area contributed by atoms with Crippen LogP contribution in [0.25, 0.3) is 11.3 Å². The molecule has 2 rings (SSSR count). The molecule has 2 aromatic heterocycles. The Hall–Kier alpha value is -1.90. The normalized spacial score (nSPS) is 10.1. The lowest BCUT2D eigenvalue weighted by atomic mass is 10.1. The van der Waals surface area contributed by atoms with Crippen molar-refractivity contribution in [1.29, 1.82) is 0 Å². The number of hydrogen-bond acceptors (Lipinski definition) is 3. The molecule has 2 N–H and O–H groups in total. The minimum atomic E-state index is 0.684. The summed E-state index contributed by atoms with van der Waals surface area (Å²) in [6.07, 6.45) is 5.28. The highest BCUT2D eigenvalue weighted by atomic mass is 14.7. The second kappa shape index (κ2) is 3.46. The monoisotopic (exact) mass is 185 g/mol. The van der Waals surface area contributed by atoms with Crippen molar-refractivity contribution < 1.29 is 0 Å². The van der Waals surface area contributed by atoms with Crippen molar-refractivity contribution >= 4 is 5.69 Å². The van der Waals surface area contributed by atoms with Gasteiger partial charge in [0.1, 0.15) is 0 Å². The molecule has 0 atom stereocenters. The third-order valence-electron chi connectivity index (χ3n) is 2.13. The van der Waals surface area contributed by atoms with Gasteiger partial charge in [-0.3, -0.25) is 9.97 Å². The second-order valence-corrected chi connectivity index (χ2v) is 3.13. The Kier molecular flexibility index (Phi) is 2.14. The number of nitrogens with zero attached hydrogens (tertiary/aromatic N) is 2. The molecular formula is C11H11N3. The summed E-state index contributed by atoms with van der Waals surface area (Å²) >= 11 is 0. The Balaban J connectivity index is 2.61. The van der Waals surface area contributed by atoms with Crippen LogP contribution in [0.15, 0.2) is 36.8 Å². The molecule has 0 saturated carbocycles. The molecule has 0 aliphatic rings. The van der Waals surface area contributed by atoms with E-state index in [1.165, 1.54) is 0 Å². The lowest BCUT2D eigenvalue weighted by Gasteiger charge is -2.05. The van der Waals surface area contributed by atoms with Crippen molar-refractivity contribution in [2.45, 2.75) is 6.92 Å². The third kappa shape index (κ3) is 1.44. The van der Waals surface area contributed by atoms with Gasteiger partial charge in [-0.2, -0.15) is 0 Å². The number of anilines is 1. The van der Waals surface area contributed by atoms with Gasteiger partial charge in [-0.1, -0.05) is 0 Å². The van der Waals surface area contributed by atoms with E-state index < -0.39 is 0 Å². The Labute approximate surface area is 82.6 Å². The number of aromatic nitrogens is 2. The average molecular weight is 185 g/mol. The van der Waals surface area contributed by atoms with Crippen LogP contribution in [0.3, 0.4) is 0 Å². The highest BCUT2D eigenvalue weighted by molar-refractivity contribution is 5.73. The van der Waals surface area contributed by atoms with Gasteiger partial charge in [-0.15, -0.1) is 0 Å². The van der Waals surface area contributed by atoms with E-state index in [9.17, 15) is 0 Å². The summed E-state index contributed by atoms with van der Waals surface area (Å²) in [7, 11) is 0. The molecule has 0 aliphatic carbocycles. The molecule has 2 aromatic rings. The highest BCUT2D eigenvalue weighted by Crippen LogP contribution is 2.24. The molecule has 0 aromatic carbocycles. The number of pyridine rings is 2. The molecule has 0 saturated heterocycles. The van der Waals surface area contributed by atoms with Gasteiger partial charge in [0.15, 0.2) is 0 Å². The van der Waals surface area contributed by atoms with E-state index in [1.54, 1.807) is 18.6 Å². The Morgan fingerprint density at radius 1 is 1.21 bits per heavy atom. The van der Waals surface area contributed by atoms with Gasteiger partial charge in [0.25, 0.3) is 0 Å². The molecule has 0 aliphatic heterocycles. The first-order valence-corrected chi connectivity index (χ1v) is 4.40. The molecule has 0 bridgehead atoms. The summed E-state index contributed by atoms with van der Waals surface area (Å²) < 4.78 is 0. The zero-order valence-corrected chi connectivity index (χ0v) is 7.94. The topological polar surface area (TPSA) is 51.8 Å². The lowest BCUT2D eigenvalue weighted by molar-refractivity contribution is 1.25. The zero-order chi connectivity index (χ0) is 9.97. The van der Waals surface area contributed by atoms with Crippen LogP contribution >= 0.6 is 0 Å². The van der Waals surface area contributed by atoms with Crippen LogP contribution in [-0.2, 0) is 0 Å². The van der Waals surface area contributed by atoms with E-state index in [-0.39, 0.29) is 0 Å². The van der Waals surface area contributed by atoms with Gasteiger partial charge in [0, 0.05) is 24.2 Å². The van der Waals surface area contributed by atoms with Crippen LogP contribution in [0.2, 0.25) is 0 Å². The molecule has 3 heteroatoms. The first-order valence-electron chi connectivity index (χ1n) is 4.40. The summed E-state index contributed by atoms with van der Waals surface area (Å²) in [5, 5.41) is 0. The van der Waals surface area contributed by atoms with Gasteiger partial charge in [-0.25, -0.2) is 0 Å². The van der Waals surface area contributed by atoms with E-state index >= 15 is 0 Å². The van der Waals surface area contributed by atoms with E-state index in [4.69, 9.17) is 5.73 Å². The molecular weight excluding hydrogens is 174 g/mol. The van der Waals surface area contributed by atoms with E-state index in [0.29, 0.717) is 5.69 Å². The minimum Gasteiger partial charge on any atom is -0.397 e. The standard InChI is InChI=1S/C11H11N3/c1-8-4-6-13-7-9(8)11-10(12)3-2-5-14-11/h2-7H,12H2,1H3. The van der Waals surface area contributed by atoms with Crippen molar-refractivity contribution in [2.24, 2.45) is 0 Å². The maximum absolute atomic E-state index is 5.83. The SMILES string of the molecule is Cc1ccncc1-c1ncccc1N. The quantitative estimate of drug-likeness (QED) is 0.739. The van der Waals surface area contributed by atoms with Crippen LogP contribution in [0.4, 0.5) is 5.69 Å². The first-order chi connectivity index (χ1) is 6.79. The fourth-order valence-electron chi connectivity index (χ4n) is 1.35. The molecule has 0 fully saturated rings. The summed E-state index contributed by atoms with van der Waals surface area (Å²) in [5.74, 6) is 0.